The molecule has 1 aromatic carbocycles. The zero-order chi connectivity index (χ0) is 15.5. The third kappa shape index (κ3) is 3.58. The van der Waals surface area contributed by atoms with Gasteiger partial charge in [0.2, 0.25) is 5.91 Å². The maximum Gasteiger partial charge on any atom is 0.227 e. The summed E-state index contributed by atoms with van der Waals surface area (Å²) in [6.07, 6.45) is 2.24. The van der Waals surface area contributed by atoms with Crippen LogP contribution >= 0.6 is 24.2 Å². The molecule has 3 N–H and O–H groups in total. The molecule has 1 aliphatic rings. The van der Waals surface area contributed by atoms with Crippen LogP contribution in [0, 0.1) is 11.2 Å². The van der Waals surface area contributed by atoms with Crippen LogP contribution in [0.2, 0.25) is 0 Å². The molecule has 0 radical (unpaired) electrons. The zero-order valence-corrected chi connectivity index (χ0v) is 14.7. The number of fused-ring (bicyclic) bond motifs is 1. The van der Waals surface area contributed by atoms with Crippen molar-refractivity contribution in [3.63, 3.8) is 0 Å². The molecule has 0 aromatic heterocycles. The van der Waals surface area contributed by atoms with Gasteiger partial charge in [-0.2, -0.15) is 0 Å². The largest absolute Gasteiger partial charge is 0.349 e. The number of nitrogens with one attached hydrogen (secondary N) is 1. The number of thioether (sulfide) groups is 1. The number of rotatable bonds is 5. The molecule has 1 atom stereocenters. The van der Waals surface area contributed by atoms with Gasteiger partial charge >= 0.3 is 0 Å². The Morgan fingerprint density at radius 1 is 1.45 bits per heavy atom. The summed E-state index contributed by atoms with van der Waals surface area (Å²) in [6, 6.07) is 4.96. The summed E-state index contributed by atoms with van der Waals surface area (Å²) >= 11 is 1.52. The van der Waals surface area contributed by atoms with Gasteiger partial charge in [0.25, 0.3) is 0 Å². The van der Waals surface area contributed by atoms with E-state index in [2.05, 4.69) is 5.32 Å². The van der Waals surface area contributed by atoms with Crippen molar-refractivity contribution in [3.05, 3.63) is 29.6 Å². The Morgan fingerprint density at radius 2 is 2.14 bits per heavy atom. The topological polar surface area (TPSA) is 55.1 Å². The molecule has 22 heavy (non-hydrogen) atoms. The maximum atomic E-state index is 13.9. The first kappa shape index (κ1) is 19.3. The molecule has 1 aliphatic heterocycles. The smallest absolute Gasteiger partial charge is 0.227 e. The maximum absolute atomic E-state index is 13.9. The monoisotopic (exact) mass is 346 g/mol. The van der Waals surface area contributed by atoms with E-state index < -0.39 is 5.41 Å². The minimum atomic E-state index is -0.516. The van der Waals surface area contributed by atoms with Crippen LogP contribution in [0.3, 0.4) is 0 Å². The van der Waals surface area contributed by atoms with Crippen LogP contribution in [0.15, 0.2) is 23.1 Å². The highest BCUT2D eigenvalue weighted by atomic mass is 35.5. The molecule has 6 heteroatoms. The predicted molar refractivity (Wildman–Crippen MR) is 91.9 cm³/mol. The van der Waals surface area contributed by atoms with Crippen LogP contribution in [-0.4, -0.2) is 18.2 Å². The number of carbonyl (C=O) groups is 1. The van der Waals surface area contributed by atoms with Gasteiger partial charge in [-0.25, -0.2) is 4.39 Å². The van der Waals surface area contributed by atoms with Gasteiger partial charge in [-0.1, -0.05) is 26.0 Å². The molecule has 124 valence electrons. The number of hydrogen-bond donors (Lipinski definition) is 2. The summed E-state index contributed by atoms with van der Waals surface area (Å²) in [5, 5.41) is 3.10. The molecule has 1 heterocycles. The van der Waals surface area contributed by atoms with Crippen molar-refractivity contribution in [3.8, 4) is 0 Å². The third-order valence-corrected chi connectivity index (χ3v) is 5.72. The standard InChI is InChI=1S/C16H23FN2OS.ClH/c1-3-16(4-2,10-18)15(20)19-13-8-9-21-14-11(13)6-5-7-12(14)17;/h5-7,13H,3-4,8-10,18H2,1-2H3,(H,19,20);1H. The molecular weight excluding hydrogens is 323 g/mol. The molecular formula is C16H24ClFN2OS. The fraction of sp³-hybridized carbons (Fsp3) is 0.562. The van der Waals surface area contributed by atoms with E-state index in [9.17, 15) is 9.18 Å². The van der Waals surface area contributed by atoms with E-state index in [0.29, 0.717) is 24.3 Å². The lowest BCUT2D eigenvalue weighted by molar-refractivity contribution is -0.131. The van der Waals surface area contributed by atoms with Gasteiger partial charge in [-0.15, -0.1) is 24.2 Å². The van der Waals surface area contributed by atoms with Crippen LogP contribution in [0.1, 0.15) is 44.7 Å². The van der Waals surface area contributed by atoms with Gasteiger partial charge in [0.05, 0.1) is 11.5 Å². The van der Waals surface area contributed by atoms with Crippen molar-refractivity contribution < 1.29 is 9.18 Å². The Bertz CT molecular complexity index is 515. The molecule has 0 spiro atoms. The van der Waals surface area contributed by atoms with E-state index in [-0.39, 0.29) is 30.2 Å². The Labute approximate surface area is 142 Å². The van der Waals surface area contributed by atoms with Crippen LogP contribution in [-0.2, 0) is 4.79 Å². The van der Waals surface area contributed by atoms with Gasteiger partial charge in [-0.05, 0) is 30.9 Å². The number of amides is 1. The molecule has 0 bridgehead atoms. The molecule has 0 aliphatic carbocycles. The third-order valence-electron chi connectivity index (χ3n) is 4.56. The lowest BCUT2D eigenvalue weighted by atomic mass is 9.81. The summed E-state index contributed by atoms with van der Waals surface area (Å²) in [7, 11) is 0. The lowest BCUT2D eigenvalue weighted by Gasteiger charge is -2.33. The molecule has 1 unspecified atom stereocenters. The molecule has 3 nitrogen and oxygen atoms in total. The quantitative estimate of drug-likeness (QED) is 0.855. The Hall–Kier alpha value is -0.780. The fourth-order valence-electron chi connectivity index (χ4n) is 2.80. The predicted octanol–water partition coefficient (Wildman–Crippen LogP) is 3.67. The van der Waals surface area contributed by atoms with Gasteiger partial charge in [0.1, 0.15) is 5.82 Å². The Morgan fingerprint density at radius 3 is 2.73 bits per heavy atom. The second-order valence-corrected chi connectivity index (χ2v) is 6.62. The average Bonchev–Trinajstić information content (AvgIpc) is 2.51. The van der Waals surface area contributed by atoms with Gasteiger partial charge in [0, 0.05) is 17.2 Å². The molecule has 0 saturated heterocycles. The van der Waals surface area contributed by atoms with Crippen molar-refractivity contribution >= 4 is 30.1 Å². The first-order valence-electron chi connectivity index (χ1n) is 7.50. The minimum Gasteiger partial charge on any atom is -0.349 e. The number of benzene rings is 1. The van der Waals surface area contributed by atoms with Crippen molar-refractivity contribution in [2.24, 2.45) is 11.1 Å². The van der Waals surface area contributed by atoms with E-state index in [1.165, 1.54) is 17.8 Å². The van der Waals surface area contributed by atoms with E-state index in [4.69, 9.17) is 5.73 Å². The zero-order valence-electron chi connectivity index (χ0n) is 13.0. The minimum absolute atomic E-state index is 0. The van der Waals surface area contributed by atoms with Crippen molar-refractivity contribution in [2.75, 3.05) is 12.3 Å². The molecule has 2 rings (SSSR count). The summed E-state index contributed by atoms with van der Waals surface area (Å²) < 4.78 is 13.9. The average molecular weight is 347 g/mol. The van der Waals surface area contributed by atoms with E-state index in [1.54, 1.807) is 6.07 Å². The summed E-state index contributed by atoms with van der Waals surface area (Å²) in [4.78, 5) is 13.3. The summed E-state index contributed by atoms with van der Waals surface area (Å²) in [5.41, 5.74) is 6.20. The highest BCUT2D eigenvalue weighted by Crippen LogP contribution is 2.38. The lowest BCUT2D eigenvalue weighted by Crippen LogP contribution is -2.46. The van der Waals surface area contributed by atoms with Crippen LogP contribution in [0.5, 0.6) is 0 Å². The van der Waals surface area contributed by atoms with Gasteiger partial charge < -0.3 is 11.1 Å². The molecule has 1 aromatic rings. The normalized spacial score (nSPS) is 17.4. The molecule has 0 saturated carbocycles. The van der Waals surface area contributed by atoms with Crippen molar-refractivity contribution in [1.82, 2.24) is 5.32 Å². The highest BCUT2D eigenvalue weighted by molar-refractivity contribution is 7.99. The first-order chi connectivity index (χ1) is 10.1. The second kappa shape index (κ2) is 8.18. The van der Waals surface area contributed by atoms with Crippen molar-refractivity contribution in [2.45, 2.75) is 44.0 Å². The SMILES string of the molecule is CCC(CC)(CN)C(=O)NC1CCSc2c(F)cccc21.Cl. The summed E-state index contributed by atoms with van der Waals surface area (Å²) in [5.74, 6) is 0.599. The molecule has 0 fully saturated rings. The number of halogens is 2. The number of carbonyl (C=O) groups excluding carboxylic acids is 1. The van der Waals surface area contributed by atoms with Crippen LogP contribution < -0.4 is 11.1 Å². The first-order valence-corrected chi connectivity index (χ1v) is 8.48. The fourth-order valence-corrected chi connectivity index (χ4v) is 3.94. The summed E-state index contributed by atoms with van der Waals surface area (Å²) in [6.45, 7) is 4.31. The Balaban J connectivity index is 0.00000242. The molecule has 1 amide bonds. The Kier molecular flexibility index (Phi) is 7.16. The number of nitrogens with two attached hydrogens (primary N) is 1. The number of hydrogen-bond acceptors (Lipinski definition) is 3. The van der Waals surface area contributed by atoms with Gasteiger partial charge in [0.15, 0.2) is 0 Å². The van der Waals surface area contributed by atoms with E-state index in [0.717, 1.165) is 17.7 Å². The van der Waals surface area contributed by atoms with Crippen molar-refractivity contribution in [1.29, 1.82) is 0 Å². The van der Waals surface area contributed by atoms with E-state index in [1.807, 2.05) is 19.9 Å². The van der Waals surface area contributed by atoms with E-state index >= 15 is 0 Å². The van der Waals surface area contributed by atoms with Gasteiger partial charge in [-0.3, -0.25) is 4.79 Å². The highest BCUT2D eigenvalue weighted by Gasteiger charge is 2.35. The second-order valence-electron chi connectivity index (χ2n) is 5.51. The van der Waals surface area contributed by atoms with Crippen LogP contribution in [0.25, 0.3) is 0 Å². The van der Waals surface area contributed by atoms with Crippen LogP contribution in [0.4, 0.5) is 4.39 Å².